The first-order valence-corrected chi connectivity index (χ1v) is 12.5. The lowest BCUT2D eigenvalue weighted by atomic mass is 10.1. The monoisotopic (exact) mass is 456 g/mol. The van der Waals surface area contributed by atoms with Crippen molar-refractivity contribution in [2.24, 2.45) is 5.92 Å². The third kappa shape index (κ3) is 6.35. The zero-order chi connectivity index (χ0) is 22.4. The predicted octanol–water partition coefficient (Wildman–Crippen LogP) is 2.11. The Bertz CT molecular complexity index is 1070. The van der Waals surface area contributed by atoms with Crippen LogP contribution >= 0.6 is 0 Å². The molecule has 0 aliphatic carbocycles. The molecule has 2 aromatic carbocycles. The topological polar surface area (TPSA) is 109 Å². The summed E-state index contributed by atoms with van der Waals surface area (Å²) >= 11 is 0. The quantitative estimate of drug-likeness (QED) is 0.532. The van der Waals surface area contributed by atoms with Gasteiger partial charge in [0.05, 0.1) is 10.6 Å². The summed E-state index contributed by atoms with van der Waals surface area (Å²) in [6.07, 6.45) is 0.161. The largest absolute Gasteiger partial charge is 0.355 e. The molecule has 164 valence electrons. The highest BCUT2D eigenvalue weighted by Crippen LogP contribution is 2.16. The number of benzene rings is 2. The van der Waals surface area contributed by atoms with Crippen LogP contribution in [0.15, 0.2) is 64.4 Å². The molecular weight excluding hydrogens is 431 g/mol. The SMILES string of the molecule is CC(C)[C@H](NS(=O)(=O)c1ccccc1F)C(=O)NCCCS(=O)(=O)c1ccccc1. The van der Waals surface area contributed by atoms with Crippen molar-refractivity contribution in [1.29, 1.82) is 0 Å². The van der Waals surface area contributed by atoms with Gasteiger partial charge in [-0.05, 0) is 36.6 Å². The van der Waals surface area contributed by atoms with Crippen molar-refractivity contribution >= 4 is 25.8 Å². The molecule has 0 aliphatic rings. The summed E-state index contributed by atoms with van der Waals surface area (Å²) in [6, 6.07) is 11.7. The molecule has 0 fully saturated rings. The molecule has 30 heavy (non-hydrogen) atoms. The summed E-state index contributed by atoms with van der Waals surface area (Å²) in [7, 11) is -7.72. The van der Waals surface area contributed by atoms with Crippen LogP contribution in [-0.2, 0) is 24.7 Å². The normalized spacial score (nSPS) is 13.2. The smallest absolute Gasteiger partial charge is 0.244 e. The van der Waals surface area contributed by atoms with Crippen LogP contribution < -0.4 is 10.0 Å². The second-order valence-corrected chi connectivity index (χ2v) is 10.8. The Labute approximate surface area is 176 Å². The molecule has 0 radical (unpaired) electrons. The van der Waals surface area contributed by atoms with Gasteiger partial charge in [0.15, 0.2) is 9.84 Å². The van der Waals surface area contributed by atoms with E-state index in [2.05, 4.69) is 10.0 Å². The number of hydrogen-bond acceptors (Lipinski definition) is 5. The molecule has 0 unspecified atom stereocenters. The van der Waals surface area contributed by atoms with E-state index in [4.69, 9.17) is 0 Å². The molecule has 0 spiro atoms. The lowest BCUT2D eigenvalue weighted by molar-refractivity contribution is -0.123. The Hall–Kier alpha value is -2.30. The molecule has 7 nitrogen and oxygen atoms in total. The van der Waals surface area contributed by atoms with Crippen molar-refractivity contribution < 1.29 is 26.0 Å². The Kier molecular flexibility index (Phi) is 8.10. The minimum atomic E-state index is -4.25. The summed E-state index contributed by atoms with van der Waals surface area (Å²) in [6.45, 7) is 3.34. The molecule has 0 aliphatic heterocycles. The first kappa shape index (κ1) is 24.0. The maximum Gasteiger partial charge on any atom is 0.244 e. The van der Waals surface area contributed by atoms with Gasteiger partial charge < -0.3 is 5.32 Å². The van der Waals surface area contributed by atoms with E-state index >= 15 is 0 Å². The minimum absolute atomic E-state index is 0.0511. The zero-order valence-electron chi connectivity index (χ0n) is 16.7. The molecule has 2 rings (SSSR count). The van der Waals surface area contributed by atoms with E-state index in [-0.39, 0.29) is 23.6 Å². The standard InChI is InChI=1S/C20H25FN2O5S2/c1-15(2)19(23-30(27,28)18-12-7-6-11-17(18)21)20(24)22-13-8-14-29(25,26)16-9-4-3-5-10-16/h3-7,9-12,15,19,23H,8,13-14H2,1-2H3,(H,22,24)/t19-/m0/s1. The first-order valence-electron chi connectivity index (χ1n) is 9.37. The van der Waals surface area contributed by atoms with Gasteiger partial charge in [-0.3, -0.25) is 4.79 Å². The van der Waals surface area contributed by atoms with Gasteiger partial charge in [-0.2, -0.15) is 4.72 Å². The van der Waals surface area contributed by atoms with Crippen molar-refractivity contribution in [3.05, 3.63) is 60.4 Å². The molecule has 2 aromatic rings. The second kappa shape index (κ2) is 10.1. The fourth-order valence-corrected chi connectivity index (χ4v) is 5.47. The van der Waals surface area contributed by atoms with Gasteiger partial charge in [-0.25, -0.2) is 21.2 Å². The van der Waals surface area contributed by atoms with Crippen molar-refractivity contribution in [3.8, 4) is 0 Å². The summed E-state index contributed by atoms with van der Waals surface area (Å²) in [4.78, 5) is 12.2. The number of rotatable bonds is 10. The third-order valence-electron chi connectivity index (χ3n) is 4.35. The van der Waals surface area contributed by atoms with Gasteiger partial charge in [-0.15, -0.1) is 0 Å². The van der Waals surface area contributed by atoms with Crippen LogP contribution in [0.5, 0.6) is 0 Å². The average molecular weight is 457 g/mol. The van der Waals surface area contributed by atoms with Crippen molar-refractivity contribution in [2.75, 3.05) is 12.3 Å². The van der Waals surface area contributed by atoms with Crippen LogP contribution in [0.2, 0.25) is 0 Å². The number of amides is 1. The average Bonchev–Trinajstić information content (AvgIpc) is 2.70. The highest BCUT2D eigenvalue weighted by atomic mass is 32.2. The zero-order valence-corrected chi connectivity index (χ0v) is 18.3. The van der Waals surface area contributed by atoms with Crippen LogP contribution in [0.1, 0.15) is 20.3 Å². The maximum atomic E-state index is 13.9. The van der Waals surface area contributed by atoms with Gasteiger partial charge in [0.1, 0.15) is 16.8 Å². The summed E-state index contributed by atoms with van der Waals surface area (Å²) in [5.41, 5.74) is 0. The minimum Gasteiger partial charge on any atom is -0.355 e. The molecular formula is C20H25FN2O5S2. The lowest BCUT2D eigenvalue weighted by Crippen LogP contribution is -2.50. The van der Waals surface area contributed by atoms with Gasteiger partial charge in [0.2, 0.25) is 15.9 Å². The van der Waals surface area contributed by atoms with E-state index in [1.807, 2.05) is 0 Å². The number of hydrogen-bond donors (Lipinski definition) is 2. The molecule has 0 heterocycles. The van der Waals surface area contributed by atoms with Gasteiger partial charge >= 0.3 is 0 Å². The molecule has 0 saturated carbocycles. The molecule has 10 heteroatoms. The Morgan fingerprint density at radius 2 is 1.57 bits per heavy atom. The highest BCUT2D eigenvalue weighted by Gasteiger charge is 2.29. The number of carbonyl (C=O) groups excluding carboxylic acids is 1. The van der Waals surface area contributed by atoms with E-state index in [0.29, 0.717) is 0 Å². The Morgan fingerprint density at radius 3 is 2.17 bits per heavy atom. The van der Waals surface area contributed by atoms with E-state index in [0.717, 1.165) is 12.1 Å². The maximum absolute atomic E-state index is 13.9. The molecule has 0 aromatic heterocycles. The second-order valence-electron chi connectivity index (χ2n) is 7.05. The highest BCUT2D eigenvalue weighted by molar-refractivity contribution is 7.91. The van der Waals surface area contributed by atoms with Gasteiger partial charge in [0.25, 0.3) is 0 Å². The Balaban J connectivity index is 1.97. The van der Waals surface area contributed by atoms with Gasteiger partial charge in [-0.1, -0.05) is 44.2 Å². The number of halogens is 1. The summed E-state index contributed by atoms with van der Waals surface area (Å²) < 4.78 is 65.6. The Morgan fingerprint density at radius 1 is 0.967 bits per heavy atom. The first-order chi connectivity index (χ1) is 14.0. The fourth-order valence-electron chi connectivity index (χ4n) is 2.72. The van der Waals surface area contributed by atoms with E-state index in [1.54, 1.807) is 32.0 Å². The van der Waals surface area contributed by atoms with Crippen LogP contribution in [0, 0.1) is 11.7 Å². The van der Waals surface area contributed by atoms with E-state index < -0.39 is 48.4 Å². The number of nitrogens with one attached hydrogen (secondary N) is 2. The molecule has 1 amide bonds. The predicted molar refractivity (Wildman–Crippen MR) is 111 cm³/mol. The van der Waals surface area contributed by atoms with E-state index in [9.17, 15) is 26.0 Å². The lowest BCUT2D eigenvalue weighted by Gasteiger charge is -2.21. The van der Waals surface area contributed by atoms with Crippen molar-refractivity contribution in [2.45, 2.75) is 36.1 Å². The molecule has 1 atom stereocenters. The fraction of sp³-hybridized carbons (Fsp3) is 0.350. The van der Waals surface area contributed by atoms with Crippen LogP contribution in [-0.4, -0.2) is 41.1 Å². The summed E-state index contributed by atoms with van der Waals surface area (Å²) in [5.74, 6) is -2.11. The molecule has 0 saturated heterocycles. The van der Waals surface area contributed by atoms with Crippen LogP contribution in [0.25, 0.3) is 0 Å². The van der Waals surface area contributed by atoms with E-state index in [1.165, 1.54) is 24.3 Å². The summed E-state index contributed by atoms with van der Waals surface area (Å²) in [5, 5.41) is 2.55. The van der Waals surface area contributed by atoms with Crippen LogP contribution in [0.3, 0.4) is 0 Å². The molecule has 0 bridgehead atoms. The number of sulfonamides is 1. The molecule has 2 N–H and O–H groups in total. The third-order valence-corrected chi connectivity index (χ3v) is 7.64. The van der Waals surface area contributed by atoms with Crippen LogP contribution in [0.4, 0.5) is 4.39 Å². The number of sulfone groups is 1. The van der Waals surface area contributed by atoms with Crippen molar-refractivity contribution in [1.82, 2.24) is 10.0 Å². The van der Waals surface area contributed by atoms with Gasteiger partial charge in [0, 0.05) is 6.54 Å². The number of carbonyl (C=O) groups is 1. The van der Waals surface area contributed by atoms with Crippen molar-refractivity contribution in [3.63, 3.8) is 0 Å².